The second-order valence-corrected chi connectivity index (χ2v) is 4.79. The monoisotopic (exact) mass is 309 g/mol. The van der Waals surface area contributed by atoms with Gasteiger partial charge >= 0.3 is 5.97 Å². The number of hydrogen-bond acceptors (Lipinski definition) is 5. The maximum atomic E-state index is 12.8. The fraction of sp³-hybridized carbons (Fsp3) is 0.118. The number of para-hydroxylation sites is 2. The number of hydrogen-bond donors (Lipinski definition) is 1. The third-order valence-electron chi connectivity index (χ3n) is 3.27. The Morgan fingerprint density at radius 2 is 1.83 bits per heavy atom. The topological polar surface area (TPSA) is 71.0 Å². The minimum absolute atomic E-state index is 0.0333. The van der Waals surface area contributed by atoms with Crippen LogP contribution in [0.4, 0.5) is 11.4 Å². The molecule has 1 aliphatic heterocycles. The summed E-state index contributed by atoms with van der Waals surface area (Å²) in [6.07, 6.45) is 0. The van der Waals surface area contributed by atoms with E-state index in [4.69, 9.17) is 4.74 Å². The molecule has 0 aromatic heterocycles. The lowest BCUT2D eigenvalue weighted by molar-refractivity contribution is -0.135. The number of benzene rings is 2. The zero-order valence-corrected chi connectivity index (χ0v) is 12.5. The van der Waals surface area contributed by atoms with Crippen molar-refractivity contribution in [2.24, 2.45) is 4.99 Å². The van der Waals surface area contributed by atoms with Gasteiger partial charge in [0.2, 0.25) is 5.84 Å². The molecule has 0 radical (unpaired) electrons. The number of amides is 1. The van der Waals surface area contributed by atoms with Crippen molar-refractivity contribution in [3.8, 4) is 0 Å². The Balaban J connectivity index is 2.09. The molecule has 0 saturated heterocycles. The summed E-state index contributed by atoms with van der Waals surface area (Å²) in [6.45, 7) is 1.93. The summed E-state index contributed by atoms with van der Waals surface area (Å²) < 4.78 is 5.00. The van der Waals surface area contributed by atoms with Crippen LogP contribution in [0.2, 0.25) is 0 Å². The van der Waals surface area contributed by atoms with Crippen LogP contribution in [-0.4, -0.2) is 24.3 Å². The summed E-state index contributed by atoms with van der Waals surface area (Å²) in [5.41, 5.74) is 4.20. The lowest BCUT2D eigenvalue weighted by Crippen LogP contribution is -2.48. The lowest BCUT2D eigenvalue weighted by Gasteiger charge is -2.22. The van der Waals surface area contributed by atoms with Crippen LogP contribution in [0.3, 0.4) is 0 Å². The molecule has 23 heavy (non-hydrogen) atoms. The van der Waals surface area contributed by atoms with Gasteiger partial charge in [-0.05, 0) is 31.2 Å². The molecular formula is C17H15N3O3. The fourth-order valence-electron chi connectivity index (χ4n) is 2.22. The number of aliphatic imine (C=N–C) groups is 1. The summed E-state index contributed by atoms with van der Waals surface area (Å²) in [5, 5.41) is 1.29. The molecule has 0 unspecified atom stereocenters. The molecule has 0 fully saturated rings. The average molecular weight is 309 g/mol. The van der Waals surface area contributed by atoms with Crippen LogP contribution in [-0.2, 0) is 9.53 Å². The van der Waals surface area contributed by atoms with E-state index in [1.165, 1.54) is 5.01 Å². The molecule has 0 saturated carbocycles. The third kappa shape index (κ3) is 2.91. The maximum absolute atomic E-state index is 12.8. The van der Waals surface area contributed by atoms with Crippen LogP contribution in [0.1, 0.15) is 17.3 Å². The van der Waals surface area contributed by atoms with Gasteiger partial charge in [-0.25, -0.2) is 14.8 Å². The molecule has 0 aliphatic carbocycles. The average Bonchev–Trinajstić information content (AvgIpc) is 2.73. The molecule has 1 heterocycles. The van der Waals surface area contributed by atoms with E-state index in [1.807, 2.05) is 18.2 Å². The van der Waals surface area contributed by atoms with Crippen molar-refractivity contribution in [1.82, 2.24) is 5.43 Å². The highest BCUT2D eigenvalue weighted by Gasteiger charge is 2.28. The van der Waals surface area contributed by atoms with E-state index in [-0.39, 0.29) is 18.3 Å². The molecule has 1 aliphatic rings. The van der Waals surface area contributed by atoms with Gasteiger partial charge in [-0.3, -0.25) is 10.2 Å². The predicted octanol–water partition coefficient (Wildman–Crippen LogP) is 2.44. The molecular weight excluding hydrogens is 294 g/mol. The van der Waals surface area contributed by atoms with Gasteiger partial charge in [0.05, 0.1) is 23.5 Å². The number of anilines is 1. The van der Waals surface area contributed by atoms with Crippen molar-refractivity contribution >= 4 is 29.1 Å². The van der Waals surface area contributed by atoms with Gasteiger partial charge in [-0.2, -0.15) is 0 Å². The SMILES string of the molecule is CCOC(=O)C1=Nc2ccccc2C(=O)N(c2ccccc2)N1. The lowest BCUT2D eigenvalue weighted by atomic mass is 10.1. The van der Waals surface area contributed by atoms with Gasteiger partial charge in [0, 0.05) is 0 Å². The highest BCUT2D eigenvalue weighted by Crippen LogP contribution is 2.25. The van der Waals surface area contributed by atoms with E-state index in [1.54, 1.807) is 43.3 Å². The van der Waals surface area contributed by atoms with Crippen molar-refractivity contribution < 1.29 is 14.3 Å². The smallest absolute Gasteiger partial charge is 0.375 e. The van der Waals surface area contributed by atoms with Crippen molar-refractivity contribution in [3.05, 3.63) is 60.2 Å². The number of fused-ring (bicyclic) bond motifs is 1. The van der Waals surface area contributed by atoms with Gasteiger partial charge in [-0.1, -0.05) is 30.3 Å². The molecule has 0 bridgehead atoms. The Bertz CT molecular complexity index is 772. The molecule has 0 spiro atoms. The van der Waals surface area contributed by atoms with Crippen LogP contribution in [0.25, 0.3) is 0 Å². The van der Waals surface area contributed by atoms with E-state index in [2.05, 4.69) is 10.4 Å². The van der Waals surface area contributed by atoms with Crippen LogP contribution >= 0.6 is 0 Å². The minimum Gasteiger partial charge on any atom is -0.460 e. The largest absolute Gasteiger partial charge is 0.460 e. The Kier molecular flexibility index (Phi) is 4.05. The molecule has 116 valence electrons. The van der Waals surface area contributed by atoms with E-state index in [0.717, 1.165) is 0 Å². The summed E-state index contributed by atoms with van der Waals surface area (Å²) in [5.74, 6) is -0.943. The number of carbonyl (C=O) groups excluding carboxylic acids is 2. The van der Waals surface area contributed by atoms with E-state index in [9.17, 15) is 9.59 Å². The molecule has 2 aromatic carbocycles. The zero-order chi connectivity index (χ0) is 16.2. The van der Waals surface area contributed by atoms with Crippen LogP contribution in [0.15, 0.2) is 59.6 Å². The third-order valence-corrected chi connectivity index (χ3v) is 3.27. The Hall–Kier alpha value is -3.15. The van der Waals surface area contributed by atoms with Gasteiger partial charge in [0.15, 0.2) is 0 Å². The number of amidine groups is 1. The molecule has 6 nitrogen and oxygen atoms in total. The van der Waals surface area contributed by atoms with Crippen LogP contribution < -0.4 is 10.4 Å². The normalized spacial score (nSPS) is 13.5. The Labute approximate surface area is 133 Å². The van der Waals surface area contributed by atoms with Crippen molar-refractivity contribution in [3.63, 3.8) is 0 Å². The molecule has 1 N–H and O–H groups in total. The number of esters is 1. The van der Waals surface area contributed by atoms with Gasteiger partial charge < -0.3 is 4.74 Å². The Morgan fingerprint density at radius 1 is 1.13 bits per heavy atom. The zero-order valence-electron chi connectivity index (χ0n) is 12.5. The van der Waals surface area contributed by atoms with Gasteiger partial charge in [-0.15, -0.1) is 0 Å². The summed E-state index contributed by atoms with van der Waals surface area (Å²) in [4.78, 5) is 29.1. The van der Waals surface area contributed by atoms with Crippen molar-refractivity contribution in [2.45, 2.75) is 6.92 Å². The first-order valence-electron chi connectivity index (χ1n) is 7.21. The second-order valence-electron chi connectivity index (χ2n) is 4.79. The summed E-state index contributed by atoms with van der Waals surface area (Å²) in [7, 11) is 0. The van der Waals surface area contributed by atoms with Gasteiger partial charge in [0.25, 0.3) is 5.91 Å². The first kappa shape index (κ1) is 14.8. The van der Waals surface area contributed by atoms with E-state index in [0.29, 0.717) is 16.9 Å². The van der Waals surface area contributed by atoms with Crippen molar-refractivity contribution in [2.75, 3.05) is 11.6 Å². The quantitative estimate of drug-likeness (QED) is 0.884. The first-order chi connectivity index (χ1) is 11.2. The molecule has 2 aromatic rings. The second kappa shape index (κ2) is 6.31. The van der Waals surface area contributed by atoms with E-state index >= 15 is 0 Å². The van der Waals surface area contributed by atoms with Crippen LogP contribution in [0.5, 0.6) is 0 Å². The molecule has 0 atom stereocenters. The number of nitrogens with zero attached hydrogens (tertiary/aromatic N) is 2. The predicted molar refractivity (Wildman–Crippen MR) is 86.6 cm³/mol. The molecule has 1 amide bonds. The number of ether oxygens (including phenoxy) is 1. The highest BCUT2D eigenvalue weighted by molar-refractivity contribution is 6.37. The fourth-order valence-corrected chi connectivity index (χ4v) is 2.22. The minimum atomic E-state index is -0.613. The standard InChI is InChI=1S/C17H15N3O3/c1-2-23-17(22)15-18-14-11-7-6-10-13(14)16(21)20(19-15)12-8-4-3-5-9-12/h3-11H,2H2,1H3,(H,18,19). The Morgan fingerprint density at radius 3 is 2.57 bits per heavy atom. The number of hydrazine groups is 1. The number of rotatable bonds is 3. The van der Waals surface area contributed by atoms with Gasteiger partial charge in [0.1, 0.15) is 0 Å². The number of nitrogens with one attached hydrogen (secondary N) is 1. The van der Waals surface area contributed by atoms with Crippen LogP contribution in [0, 0.1) is 0 Å². The summed E-state index contributed by atoms with van der Waals surface area (Å²) in [6, 6.07) is 15.9. The first-order valence-corrected chi connectivity index (χ1v) is 7.21. The summed E-state index contributed by atoms with van der Waals surface area (Å²) >= 11 is 0. The van der Waals surface area contributed by atoms with Crippen molar-refractivity contribution in [1.29, 1.82) is 0 Å². The molecule has 6 heteroatoms. The van der Waals surface area contributed by atoms with E-state index < -0.39 is 5.97 Å². The highest BCUT2D eigenvalue weighted by atomic mass is 16.5. The maximum Gasteiger partial charge on any atom is 0.375 e. The molecule has 3 rings (SSSR count). The number of carbonyl (C=O) groups is 2.